The summed E-state index contributed by atoms with van der Waals surface area (Å²) in [6, 6.07) is 1.26. The first kappa shape index (κ1) is 23.5. The molecule has 190 valence electrons. The number of carbonyl (C=O) groups is 1. The van der Waals surface area contributed by atoms with E-state index in [1.807, 2.05) is 4.90 Å². The second-order valence-corrected chi connectivity index (χ2v) is 11.3. The lowest BCUT2D eigenvalue weighted by atomic mass is 9.85. The molecule has 2 saturated heterocycles. The van der Waals surface area contributed by atoms with Crippen molar-refractivity contribution in [1.29, 1.82) is 0 Å². The van der Waals surface area contributed by atoms with E-state index in [1.54, 1.807) is 19.2 Å². The zero-order valence-electron chi connectivity index (χ0n) is 20.4. The van der Waals surface area contributed by atoms with Gasteiger partial charge in [0.1, 0.15) is 21.1 Å². The van der Waals surface area contributed by atoms with Crippen LogP contribution in [0.3, 0.4) is 0 Å². The summed E-state index contributed by atoms with van der Waals surface area (Å²) in [6.07, 6.45) is 4.49. The number of ether oxygens (including phenoxy) is 1. The third kappa shape index (κ3) is 3.72. The molecule has 3 aliphatic rings. The highest BCUT2D eigenvalue weighted by molar-refractivity contribution is 7.21. The number of nitrogens with one attached hydrogen (secondary N) is 1. The van der Waals surface area contributed by atoms with Gasteiger partial charge in [-0.25, -0.2) is 19.3 Å². The van der Waals surface area contributed by atoms with E-state index in [0.29, 0.717) is 77.3 Å². The molecule has 5 heterocycles. The van der Waals surface area contributed by atoms with Crippen LogP contribution in [0.4, 0.5) is 15.9 Å². The van der Waals surface area contributed by atoms with Crippen LogP contribution in [0.2, 0.25) is 0 Å². The average Bonchev–Trinajstić information content (AvgIpc) is 3.49. The number of carbonyl (C=O) groups excluding carboxylic acids is 1. The van der Waals surface area contributed by atoms with Crippen LogP contribution in [0.15, 0.2) is 12.3 Å². The van der Waals surface area contributed by atoms with Gasteiger partial charge in [0.05, 0.1) is 23.7 Å². The van der Waals surface area contributed by atoms with Crippen LogP contribution in [0.25, 0.3) is 10.2 Å². The maximum Gasteiger partial charge on any atom is 0.263 e. The van der Waals surface area contributed by atoms with Crippen molar-refractivity contribution in [3.8, 4) is 0 Å². The van der Waals surface area contributed by atoms with E-state index in [-0.39, 0.29) is 23.8 Å². The summed E-state index contributed by atoms with van der Waals surface area (Å²) in [6.45, 7) is 5.72. The lowest BCUT2D eigenvalue weighted by Crippen LogP contribution is -2.50. The fourth-order valence-corrected chi connectivity index (χ4v) is 6.91. The molecule has 2 aliphatic heterocycles. The highest BCUT2D eigenvalue weighted by Gasteiger charge is 2.53. The van der Waals surface area contributed by atoms with E-state index in [0.717, 1.165) is 17.7 Å². The number of hydrogen-bond acceptors (Lipinski definition) is 9. The number of amides is 1. The molecule has 4 atom stereocenters. The first-order valence-corrected chi connectivity index (χ1v) is 13.2. The number of pyridine rings is 1. The molecular weight excluding hydrogens is 481 g/mol. The molecule has 3 aromatic rings. The number of anilines is 2. The van der Waals surface area contributed by atoms with E-state index >= 15 is 4.39 Å². The largest absolute Gasteiger partial charge is 0.397 e. The summed E-state index contributed by atoms with van der Waals surface area (Å²) in [5.41, 5.74) is 14.3. The van der Waals surface area contributed by atoms with E-state index in [9.17, 15) is 4.79 Å². The Morgan fingerprint density at radius 2 is 2.19 bits per heavy atom. The van der Waals surface area contributed by atoms with E-state index in [4.69, 9.17) is 21.2 Å². The number of halogens is 1. The zero-order chi connectivity index (χ0) is 25.2. The molecule has 9 nitrogen and oxygen atoms in total. The minimum Gasteiger partial charge on any atom is -0.397 e. The second kappa shape index (κ2) is 8.60. The summed E-state index contributed by atoms with van der Waals surface area (Å²) in [7, 11) is 0. The van der Waals surface area contributed by atoms with Gasteiger partial charge in [0.2, 0.25) is 0 Å². The highest BCUT2D eigenvalue weighted by Crippen LogP contribution is 2.41. The number of hydrogen-bond donors (Lipinski definition) is 3. The third-order valence-electron chi connectivity index (χ3n) is 8.01. The van der Waals surface area contributed by atoms with Crippen molar-refractivity contribution in [2.45, 2.75) is 57.2 Å². The van der Waals surface area contributed by atoms with E-state index in [1.165, 1.54) is 11.3 Å². The highest BCUT2D eigenvalue weighted by atomic mass is 32.1. The van der Waals surface area contributed by atoms with Crippen LogP contribution < -0.4 is 21.7 Å². The van der Waals surface area contributed by atoms with E-state index < -0.39 is 5.60 Å². The molecule has 1 amide bonds. The van der Waals surface area contributed by atoms with Gasteiger partial charge in [-0.15, -0.1) is 11.3 Å². The van der Waals surface area contributed by atoms with Gasteiger partial charge >= 0.3 is 0 Å². The molecule has 5 N–H and O–H groups in total. The number of rotatable bonds is 3. The van der Waals surface area contributed by atoms with Crippen molar-refractivity contribution in [1.82, 2.24) is 20.3 Å². The van der Waals surface area contributed by atoms with Gasteiger partial charge < -0.3 is 26.4 Å². The van der Waals surface area contributed by atoms with Crippen molar-refractivity contribution in [2.24, 2.45) is 11.7 Å². The smallest absolute Gasteiger partial charge is 0.263 e. The van der Waals surface area contributed by atoms with Gasteiger partial charge in [-0.2, -0.15) is 0 Å². The molecule has 6 rings (SSSR count). The third-order valence-corrected chi connectivity index (χ3v) is 9.12. The Labute approximate surface area is 212 Å². The first-order valence-electron chi connectivity index (χ1n) is 12.4. The molecule has 36 heavy (non-hydrogen) atoms. The molecule has 0 bridgehead atoms. The van der Waals surface area contributed by atoms with E-state index in [2.05, 4.69) is 22.2 Å². The Hall–Kier alpha value is -2.89. The Balaban J connectivity index is 1.18. The van der Waals surface area contributed by atoms with Crippen LogP contribution >= 0.6 is 11.3 Å². The fourth-order valence-electron chi connectivity index (χ4n) is 5.90. The minimum atomic E-state index is -0.432. The van der Waals surface area contributed by atoms with Gasteiger partial charge in [0.15, 0.2) is 11.6 Å². The molecule has 0 aromatic carbocycles. The SMILES string of the molecule is Cc1ncc2c(N)c(C(=O)NC3CCc4nc(N5CC(N)C6(C5)OCCC6C)c(F)cc4C3)sc2n1. The van der Waals surface area contributed by atoms with Crippen LogP contribution in [0.5, 0.6) is 0 Å². The molecule has 2 fully saturated rings. The van der Waals surface area contributed by atoms with Gasteiger partial charge in [0.25, 0.3) is 5.91 Å². The van der Waals surface area contributed by atoms with Crippen molar-refractivity contribution < 1.29 is 13.9 Å². The van der Waals surface area contributed by atoms with Crippen LogP contribution in [0.1, 0.15) is 46.5 Å². The van der Waals surface area contributed by atoms with Gasteiger partial charge in [-0.05, 0) is 50.2 Å². The van der Waals surface area contributed by atoms with Gasteiger partial charge in [-0.1, -0.05) is 6.92 Å². The normalized spacial score (nSPS) is 27.7. The van der Waals surface area contributed by atoms with Gasteiger partial charge in [-0.3, -0.25) is 4.79 Å². The standard InChI is InChI=1S/C25H30FN7O2S/c1-12-5-6-35-25(12)11-33(10-19(25)27)22-17(26)8-14-7-15(3-4-18(14)32-22)31-23(34)21-20(28)16-9-29-13(2)30-24(16)36-21/h8-9,12,15,19H,3-7,10-11,27-28H2,1-2H3,(H,31,34). The maximum absolute atomic E-state index is 15.3. The maximum atomic E-state index is 15.3. The number of aryl methyl sites for hydroxylation is 2. The molecular formula is C25H30FN7O2S. The molecule has 0 radical (unpaired) electrons. The lowest BCUT2D eigenvalue weighted by molar-refractivity contribution is -0.0109. The van der Waals surface area contributed by atoms with Crippen LogP contribution in [-0.4, -0.2) is 58.2 Å². The van der Waals surface area contributed by atoms with Gasteiger partial charge in [0, 0.05) is 31.1 Å². The van der Waals surface area contributed by atoms with Crippen LogP contribution in [-0.2, 0) is 17.6 Å². The predicted molar refractivity (Wildman–Crippen MR) is 137 cm³/mol. The minimum absolute atomic E-state index is 0.134. The summed E-state index contributed by atoms with van der Waals surface area (Å²) in [4.78, 5) is 29.4. The molecule has 1 aliphatic carbocycles. The Morgan fingerprint density at radius 1 is 1.36 bits per heavy atom. The molecule has 4 unspecified atom stereocenters. The topological polar surface area (TPSA) is 132 Å². The quantitative estimate of drug-likeness (QED) is 0.488. The van der Waals surface area contributed by atoms with Crippen molar-refractivity contribution in [3.63, 3.8) is 0 Å². The number of thiophene rings is 1. The summed E-state index contributed by atoms with van der Waals surface area (Å²) < 4.78 is 21.4. The number of fused-ring (bicyclic) bond motifs is 2. The second-order valence-electron chi connectivity index (χ2n) is 10.3. The number of nitrogens with two attached hydrogens (primary N) is 2. The van der Waals surface area contributed by atoms with Crippen molar-refractivity contribution in [2.75, 3.05) is 30.3 Å². The lowest BCUT2D eigenvalue weighted by Gasteiger charge is -2.31. The Kier molecular flexibility index (Phi) is 5.62. The molecule has 3 aromatic heterocycles. The van der Waals surface area contributed by atoms with Crippen molar-refractivity contribution in [3.05, 3.63) is 40.0 Å². The molecule has 0 saturated carbocycles. The average molecular weight is 512 g/mol. The first-order chi connectivity index (χ1) is 17.2. The summed E-state index contributed by atoms with van der Waals surface area (Å²) >= 11 is 1.26. The molecule has 1 spiro atoms. The number of nitrogens with zero attached hydrogens (tertiary/aromatic N) is 4. The summed E-state index contributed by atoms with van der Waals surface area (Å²) in [5.74, 6) is 0.700. The monoisotopic (exact) mass is 511 g/mol. The van der Waals surface area contributed by atoms with Crippen molar-refractivity contribution >= 4 is 39.0 Å². The fraction of sp³-hybridized carbons (Fsp3) is 0.520. The summed E-state index contributed by atoms with van der Waals surface area (Å²) in [5, 5.41) is 3.76. The van der Waals surface area contributed by atoms with Crippen LogP contribution in [0, 0.1) is 18.7 Å². The Morgan fingerprint density at radius 3 is 2.97 bits per heavy atom. The molecule has 11 heteroatoms. The number of aromatic nitrogens is 3. The number of nitrogen functional groups attached to an aromatic ring is 1. The zero-order valence-corrected chi connectivity index (χ0v) is 21.2. The predicted octanol–water partition coefficient (Wildman–Crippen LogP) is 2.35. The Bertz CT molecular complexity index is 1360.